The SMILES string of the molecule is CCC/C=C(/C1=CCCCC12OCCO2)c1ccc(-c2ccccc2)cc1. The van der Waals surface area contributed by atoms with Gasteiger partial charge in [0.15, 0.2) is 5.79 Å². The molecule has 0 atom stereocenters. The van der Waals surface area contributed by atoms with Gasteiger partial charge in [0.05, 0.1) is 13.2 Å². The standard InChI is InChI=1S/C25H28O2/c1-2-3-11-23(24-12-7-8-17-25(24)26-18-19-27-25)22-15-13-21(14-16-22)20-9-5-4-6-10-20/h4-6,9-16H,2-3,7-8,17-19H2,1H3/b23-11+. The molecular formula is C25H28O2. The van der Waals surface area contributed by atoms with E-state index in [2.05, 4.69) is 73.7 Å². The van der Waals surface area contributed by atoms with Crippen LogP contribution in [0, 0.1) is 0 Å². The zero-order valence-corrected chi connectivity index (χ0v) is 16.1. The molecule has 1 aliphatic carbocycles. The molecule has 2 aromatic carbocycles. The van der Waals surface area contributed by atoms with Crippen molar-refractivity contribution in [2.24, 2.45) is 0 Å². The van der Waals surface area contributed by atoms with E-state index in [4.69, 9.17) is 9.47 Å². The van der Waals surface area contributed by atoms with Crippen molar-refractivity contribution < 1.29 is 9.47 Å². The van der Waals surface area contributed by atoms with Gasteiger partial charge in [0, 0.05) is 12.0 Å². The Hall–Kier alpha value is -2.16. The number of hydrogen-bond acceptors (Lipinski definition) is 2. The number of allylic oxidation sites excluding steroid dienone is 2. The summed E-state index contributed by atoms with van der Waals surface area (Å²) in [5.41, 5.74) is 6.24. The highest BCUT2D eigenvalue weighted by Crippen LogP contribution is 2.44. The van der Waals surface area contributed by atoms with Crippen LogP contribution in [0.3, 0.4) is 0 Å². The average Bonchev–Trinajstić information content (AvgIpc) is 3.19. The van der Waals surface area contributed by atoms with Crippen LogP contribution in [0.5, 0.6) is 0 Å². The second-order valence-electron chi connectivity index (χ2n) is 7.31. The Morgan fingerprint density at radius 2 is 1.67 bits per heavy atom. The van der Waals surface area contributed by atoms with E-state index in [-0.39, 0.29) is 0 Å². The summed E-state index contributed by atoms with van der Waals surface area (Å²) in [4.78, 5) is 0. The zero-order valence-electron chi connectivity index (χ0n) is 16.1. The number of hydrogen-bond donors (Lipinski definition) is 0. The van der Waals surface area contributed by atoms with Gasteiger partial charge in [0.2, 0.25) is 0 Å². The van der Waals surface area contributed by atoms with Crippen molar-refractivity contribution in [1.82, 2.24) is 0 Å². The van der Waals surface area contributed by atoms with E-state index in [0.717, 1.165) is 32.1 Å². The fourth-order valence-corrected chi connectivity index (χ4v) is 4.09. The fraction of sp³-hybridized carbons (Fsp3) is 0.360. The Morgan fingerprint density at radius 3 is 2.37 bits per heavy atom. The van der Waals surface area contributed by atoms with E-state index < -0.39 is 5.79 Å². The monoisotopic (exact) mass is 360 g/mol. The number of ether oxygens (including phenoxy) is 2. The largest absolute Gasteiger partial charge is 0.343 e. The van der Waals surface area contributed by atoms with E-state index in [1.54, 1.807) is 0 Å². The fourth-order valence-electron chi connectivity index (χ4n) is 4.09. The van der Waals surface area contributed by atoms with Crippen LogP contribution in [0.4, 0.5) is 0 Å². The first kappa shape index (κ1) is 18.2. The van der Waals surface area contributed by atoms with Crippen LogP contribution in [0.15, 0.2) is 72.3 Å². The Morgan fingerprint density at radius 1 is 0.963 bits per heavy atom. The first-order valence-electron chi connectivity index (χ1n) is 10.2. The number of unbranched alkanes of at least 4 members (excludes halogenated alkanes) is 1. The van der Waals surface area contributed by atoms with Crippen LogP contribution >= 0.6 is 0 Å². The molecule has 1 aliphatic heterocycles. The Labute approximate surface area is 162 Å². The van der Waals surface area contributed by atoms with Crippen molar-refractivity contribution in [3.8, 4) is 11.1 Å². The number of rotatable bonds is 5. The predicted octanol–water partition coefficient (Wildman–Crippen LogP) is 6.39. The van der Waals surface area contributed by atoms with Gasteiger partial charge in [-0.2, -0.15) is 0 Å². The molecule has 2 aliphatic rings. The molecule has 2 aromatic rings. The lowest BCUT2D eigenvalue weighted by atomic mass is 9.83. The normalized spacial score (nSPS) is 19.3. The lowest BCUT2D eigenvalue weighted by molar-refractivity contribution is -0.130. The second-order valence-corrected chi connectivity index (χ2v) is 7.31. The molecule has 1 heterocycles. The molecule has 4 rings (SSSR count). The van der Waals surface area contributed by atoms with E-state index in [1.807, 2.05) is 0 Å². The van der Waals surface area contributed by atoms with Gasteiger partial charge in [0.1, 0.15) is 0 Å². The van der Waals surface area contributed by atoms with Gasteiger partial charge in [-0.05, 0) is 41.5 Å². The van der Waals surface area contributed by atoms with Gasteiger partial charge < -0.3 is 9.47 Å². The van der Waals surface area contributed by atoms with Crippen molar-refractivity contribution in [3.63, 3.8) is 0 Å². The summed E-state index contributed by atoms with van der Waals surface area (Å²) in [6, 6.07) is 19.4. The van der Waals surface area contributed by atoms with Crippen LogP contribution in [-0.4, -0.2) is 19.0 Å². The summed E-state index contributed by atoms with van der Waals surface area (Å²) < 4.78 is 12.3. The van der Waals surface area contributed by atoms with Crippen molar-refractivity contribution in [3.05, 3.63) is 77.9 Å². The summed E-state index contributed by atoms with van der Waals surface area (Å²) in [6.45, 7) is 3.59. The minimum Gasteiger partial charge on any atom is -0.343 e. The van der Waals surface area contributed by atoms with Crippen molar-refractivity contribution >= 4 is 5.57 Å². The Balaban J connectivity index is 1.69. The molecule has 0 aromatic heterocycles. The Kier molecular flexibility index (Phi) is 5.56. The highest BCUT2D eigenvalue weighted by Gasteiger charge is 2.42. The summed E-state index contributed by atoms with van der Waals surface area (Å²) in [5, 5.41) is 0. The molecule has 1 fully saturated rings. The van der Waals surface area contributed by atoms with E-state index in [9.17, 15) is 0 Å². The molecule has 0 N–H and O–H groups in total. The van der Waals surface area contributed by atoms with Crippen molar-refractivity contribution in [1.29, 1.82) is 0 Å². The minimum absolute atomic E-state index is 0.532. The van der Waals surface area contributed by atoms with Gasteiger partial charge in [-0.1, -0.05) is 80.1 Å². The molecule has 0 saturated carbocycles. The summed E-state index contributed by atoms with van der Waals surface area (Å²) in [6.07, 6.45) is 10.1. The Bertz CT molecular complexity index is 809. The summed E-state index contributed by atoms with van der Waals surface area (Å²) in [7, 11) is 0. The third-order valence-electron chi connectivity index (χ3n) is 5.45. The average molecular weight is 360 g/mol. The quantitative estimate of drug-likeness (QED) is 0.615. The van der Waals surface area contributed by atoms with Crippen LogP contribution in [-0.2, 0) is 9.47 Å². The van der Waals surface area contributed by atoms with Crippen LogP contribution in [0.25, 0.3) is 16.7 Å². The molecule has 0 amide bonds. The third kappa shape index (κ3) is 3.78. The predicted molar refractivity (Wildman–Crippen MR) is 111 cm³/mol. The second kappa shape index (κ2) is 8.24. The van der Waals surface area contributed by atoms with Crippen molar-refractivity contribution in [2.75, 3.05) is 13.2 Å². The van der Waals surface area contributed by atoms with Gasteiger partial charge in [-0.3, -0.25) is 0 Å². The lowest BCUT2D eigenvalue weighted by Crippen LogP contribution is -2.35. The third-order valence-corrected chi connectivity index (χ3v) is 5.45. The molecule has 0 unspecified atom stereocenters. The maximum absolute atomic E-state index is 6.14. The molecule has 0 radical (unpaired) electrons. The van der Waals surface area contributed by atoms with Crippen LogP contribution in [0.1, 0.15) is 44.6 Å². The summed E-state index contributed by atoms with van der Waals surface area (Å²) >= 11 is 0. The topological polar surface area (TPSA) is 18.5 Å². The van der Waals surface area contributed by atoms with E-state index in [1.165, 1.54) is 27.8 Å². The van der Waals surface area contributed by atoms with Gasteiger partial charge in [-0.25, -0.2) is 0 Å². The maximum Gasteiger partial charge on any atom is 0.195 e. The van der Waals surface area contributed by atoms with Gasteiger partial charge >= 0.3 is 0 Å². The smallest absolute Gasteiger partial charge is 0.195 e. The molecule has 0 bridgehead atoms. The molecule has 2 nitrogen and oxygen atoms in total. The molecule has 2 heteroatoms. The number of benzene rings is 2. The van der Waals surface area contributed by atoms with Crippen LogP contribution in [0.2, 0.25) is 0 Å². The first-order chi connectivity index (χ1) is 13.3. The first-order valence-corrected chi connectivity index (χ1v) is 10.2. The zero-order chi connectivity index (χ0) is 18.5. The van der Waals surface area contributed by atoms with Crippen molar-refractivity contribution in [2.45, 2.75) is 44.8 Å². The highest BCUT2D eigenvalue weighted by atomic mass is 16.7. The summed E-state index contributed by atoms with van der Waals surface area (Å²) in [5.74, 6) is -0.532. The lowest BCUT2D eigenvalue weighted by Gasteiger charge is -2.35. The molecular weight excluding hydrogens is 332 g/mol. The van der Waals surface area contributed by atoms with E-state index in [0.29, 0.717) is 13.2 Å². The van der Waals surface area contributed by atoms with Gasteiger partial charge in [0.25, 0.3) is 0 Å². The maximum atomic E-state index is 6.14. The van der Waals surface area contributed by atoms with Gasteiger partial charge in [-0.15, -0.1) is 0 Å². The molecule has 27 heavy (non-hydrogen) atoms. The molecule has 1 spiro atoms. The molecule has 1 saturated heterocycles. The van der Waals surface area contributed by atoms with Crippen LogP contribution < -0.4 is 0 Å². The minimum atomic E-state index is -0.532. The van der Waals surface area contributed by atoms with E-state index >= 15 is 0 Å². The molecule has 140 valence electrons. The highest BCUT2D eigenvalue weighted by molar-refractivity contribution is 5.82.